The summed E-state index contributed by atoms with van der Waals surface area (Å²) in [6, 6.07) is 10.5. The highest BCUT2D eigenvalue weighted by atomic mass is 32.2. The van der Waals surface area contributed by atoms with Crippen LogP contribution in [-0.2, 0) is 30.4 Å². The number of rotatable bonds is 19. The zero-order valence-electron chi connectivity index (χ0n) is 34.5. The number of nitrogens with two attached hydrogens (primary N) is 1. The normalized spacial score (nSPS) is 12.4. The highest BCUT2D eigenvalue weighted by Crippen LogP contribution is 2.46. The quantitative estimate of drug-likeness (QED) is 0.0227. The van der Waals surface area contributed by atoms with Gasteiger partial charge >= 0.3 is 0 Å². The lowest BCUT2D eigenvalue weighted by atomic mass is 10.1. The Balaban J connectivity index is 1.44. The first-order valence-corrected chi connectivity index (χ1v) is 23.0. The number of non-ortho nitro benzene ring substituents is 2. The van der Waals surface area contributed by atoms with Crippen LogP contribution in [0.1, 0.15) is 10.5 Å². The van der Waals surface area contributed by atoms with E-state index in [1.165, 1.54) is 0 Å². The van der Waals surface area contributed by atoms with Gasteiger partial charge in [0.15, 0.2) is 17.1 Å². The Morgan fingerprint density at radius 3 is 1.54 bits per heavy atom. The number of carbonyl (C=O) groups excluding carboxylic acids is 1. The van der Waals surface area contributed by atoms with Crippen LogP contribution < -0.4 is 15.2 Å². The van der Waals surface area contributed by atoms with Crippen LogP contribution in [0.2, 0.25) is 0 Å². The molecule has 0 saturated carbocycles. The molecule has 0 fully saturated rings. The largest absolute Gasteiger partial charge is 0.505 e. The SMILES string of the molecule is NC(=O)c1nn(-c2ccc3c(O)c(/N=N/c4cc(OCCO)c(/N=N/c5ccc([N+](=O)[O-])cc5S(=O)(=O)O)cc4OCCO)c(S(=O)(=O)O)cc3c2)c(O)c1/N=N/c1ccc([N+](=O)[O-])cc1S(=O)(=O)O. The van der Waals surface area contributed by atoms with Gasteiger partial charge in [0.05, 0.1) is 28.7 Å². The van der Waals surface area contributed by atoms with Crippen molar-refractivity contribution in [2.45, 2.75) is 14.7 Å². The molecule has 1 heterocycles. The second-order valence-corrected chi connectivity index (χ2v) is 17.7. The third-order valence-corrected chi connectivity index (χ3v) is 11.6. The van der Waals surface area contributed by atoms with E-state index in [1.807, 2.05) is 0 Å². The van der Waals surface area contributed by atoms with Crippen LogP contribution in [0.25, 0.3) is 16.5 Å². The molecule has 0 saturated heterocycles. The molecule has 0 atom stereocenters. The van der Waals surface area contributed by atoms with Gasteiger partial charge in [0, 0.05) is 41.8 Å². The van der Waals surface area contributed by atoms with Gasteiger partial charge in [-0.15, -0.1) is 30.7 Å². The zero-order valence-corrected chi connectivity index (χ0v) is 36.9. The van der Waals surface area contributed by atoms with E-state index in [4.69, 9.17) is 15.2 Å². The number of hydrogen-bond donors (Lipinski definition) is 8. The number of nitro groups is 2. The zero-order chi connectivity index (χ0) is 51.5. The number of phenolic OH excluding ortho intramolecular Hbond substituents is 1. The smallest absolute Gasteiger partial charge is 0.297 e. The van der Waals surface area contributed by atoms with Gasteiger partial charge in [0.2, 0.25) is 5.88 Å². The molecule has 0 spiro atoms. The summed E-state index contributed by atoms with van der Waals surface area (Å²) >= 11 is 0. The molecule has 0 aliphatic heterocycles. The summed E-state index contributed by atoms with van der Waals surface area (Å²) < 4.78 is 115. The molecular weight excluding hydrogens is 1000 g/mol. The van der Waals surface area contributed by atoms with E-state index in [1.54, 1.807) is 0 Å². The van der Waals surface area contributed by atoms with Gasteiger partial charge in [-0.05, 0) is 41.8 Å². The van der Waals surface area contributed by atoms with E-state index in [-0.39, 0.29) is 39.3 Å². The van der Waals surface area contributed by atoms with Gasteiger partial charge in [-0.1, -0.05) is 0 Å². The number of amides is 1. The second kappa shape index (κ2) is 20.0. The number of fused-ring (bicyclic) bond motifs is 1. The van der Waals surface area contributed by atoms with Crippen LogP contribution >= 0.6 is 0 Å². The minimum Gasteiger partial charge on any atom is -0.505 e. The number of primary amides is 1. The number of aliphatic hydroxyl groups is 2. The van der Waals surface area contributed by atoms with Gasteiger partial charge < -0.3 is 35.6 Å². The predicted octanol–water partition coefficient (Wildman–Crippen LogP) is 5.08. The van der Waals surface area contributed by atoms with Gasteiger partial charge in [-0.3, -0.25) is 38.7 Å². The predicted molar refractivity (Wildman–Crippen MR) is 233 cm³/mol. The van der Waals surface area contributed by atoms with E-state index >= 15 is 0 Å². The Labute approximate surface area is 389 Å². The number of carbonyl (C=O) groups is 1. The maximum atomic E-state index is 12.8. The minimum atomic E-state index is -5.33. The van der Waals surface area contributed by atoms with Crippen LogP contribution in [0.4, 0.5) is 45.5 Å². The van der Waals surface area contributed by atoms with Gasteiger partial charge in [0.1, 0.15) is 67.8 Å². The molecule has 1 aromatic heterocycles. The monoisotopic (exact) mass is 1030 g/mol. The van der Waals surface area contributed by atoms with Crippen LogP contribution in [0.15, 0.2) is 118 Å². The lowest BCUT2D eigenvalue weighted by molar-refractivity contribution is -0.385. The van der Waals surface area contributed by atoms with Gasteiger partial charge in [-0.2, -0.15) is 35.0 Å². The molecule has 0 radical (unpaired) electrons. The Morgan fingerprint density at radius 1 is 0.629 bits per heavy atom. The molecule has 1 amide bonds. The molecule has 0 unspecified atom stereocenters. The molecule has 31 nitrogen and oxygen atoms in total. The van der Waals surface area contributed by atoms with Crippen molar-refractivity contribution < 1.29 is 83.5 Å². The summed E-state index contributed by atoms with van der Waals surface area (Å²) in [5.74, 6) is -3.88. The highest BCUT2D eigenvalue weighted by Gasteiger charge is 2.27. The number of benzene rings is 5. The molecular formula is C36H29N11O20S3. The standard InChI is InChI=1S/C36H29N11O20S3/c37-35(51)32-33(43-39-23-6-3-20(47(55)56)14-29(23)69(60,61)62)36(52)45(44-32)18-1-4-21-17(11-18)12-30(70(63,64)65)31(34(21)50)42-41-25-16-26(66-9-7-48)24(15-27(25)67-10-8-49)40-38-22-5-2-19(46(53)54)13-28(22)68(57,58)59/h1-6,11-16,48-50,52H,7-10H2,(H2,37,51)(H,57,58,59)(H,60,61,62)(H,63,64,65)/b40-38+,42-41+,43-39+. The Kier molecular flexibility index (Phi) is 14.5. The molecule has 0 aliphatic rings. The van der Waals surface area contributed by atoms with Gasteiger partial charge in [0.25, 0.3) is 47.6 Å². The number of ether oxygens (including phenoxy) is 2. The lowest BCUT2D eigenvalue weighted by Gasteiger charge is -2.13. The van der Waals surface area contributed by atoms with E-state index in [9.17, 15) is 84.4 Å². The van der Waals surface area contributed by atoms with Crippen molar-refractivity contribution in [1.29, 1.82) is 0 Å². The third-order valence-electron chi connectivity index (χ3n) is 9.01. The molecule has 0 aliphatic carbocycles. The average molecular weight is 1030 g/mol. The summed E-state index contributed by atoms with van der Waals surface area (Å²) in [4.78, 5) is 29.7. The number of aromatic hydroxyl groups is 2. The summed E-state index contributed by atoms with van der Waals surface area (Å²) in [6.07, 6.45) is 0. The highest BCUT2D eigenvalue weighted by molar-refractivity contribution is 7.86. The third kappa shape index (κ3) is 11.1. The lowest BCUT2D eigenvalue weighted by Crippen LogP contribution is -2.12. The molecule has 70 heavy (non-hydrogen) atoms. The molecule has 6 rings (SSSR count). The van der Waals surface area contributed by atoms with Crippen LogP contribution in [0.3, 0.4) is 0 Å². The Hall–Kier alpha value is -8.51. The van der Waals surface area contributed by atoms with Crippen molar-refractivity contribution in [2.24, 2.45) is 36.4 Å². The molecule has 9 N–H and O–H groups in total. The first-order valence-electron chi connectivity index (χ1n) is 18.7. The number of nitro benzene ring substituents is 2. The average Bonchev–Trinajstić information content (AvgIpc) is 3.63. The number of aliphatic hydroxyl groups excluding tert-OH is 2. The number of hydrogen-bond acceptors (Lipinski definition) is 24. The summed E-state index contributed by atoms with van der Waals surface area (Å²) in [5.41, 5.74) is -0.653. The van der Waals surface area contributed by atoms with Crippen molar-refractivity contribution >= 4 is 92.5 Å². The molecule has 6 aromatic rings. The number of phenols is 1. The first kappa shape index (κ1) is 50.9. The fourth-order valence-electron chi connectivity index (χ4n) is 5.97. The Bertz CT molecular complexity index is 3580. The van der Waals surface area contributed by atoms with Crippen LogP contribution in [0, 0.1) is 20.2 Å². The maximum absolute atomic E-state index is 12.8. The second-order valence-electron chi connectivity index (χ2n) is 13.5. The van der Waals surface area contributed by atoms with Crippen LogP contribution in [0.5, 0.6) is 23.1 Å². The van der Waals surface area contributed by atoms with E-state index < -0.39 is 139 Å². The summed E-state index contributed by atoms with van der Waals surface area (Å²) in [5, 5.41) is 90.1. The van der Waals surface area contributed by atoms with Crippen molar-refractivity contribution in [3.8, 4) is 28.8 Å². The van der Waals surface area contributed by atoms with E-state index in [2.05, 4.69) is 35.8 Å². The summed E-state index contributed by atoms with van der Waals surface area (Å²) in [6.45, 7) is -2.03. The number of azo groups is 3. The fraction of sp³-hybridized carbons (Fsp3) is 0.111. The fourth-order valence-corrected chi connectivity index (χ4v) is 7.91. The molecule has 5 aromatic carbocycles. The maximum Gasteiger partial charge on any atom is 0.297 e. The number of nitrogens with zero attached hydrogens (tertiary/aromatic N) is 10. The van der Waals surface area contributed by atoms with Crippen molar-refractivity contribution in [3.05, 3.63) is 98.7 Å². The van der Waals surface area contributed by atoms with Crippen molar-refractivity contribution in [2.75, 3.05) is 26.4 Å². The topological polar surface area (TPSA) is 484 Å². The molecule has 34 heteroatoms. The Morgan fingerprint density at radius 2 is 1.09 bits per heavy atom. The molecule has 0 bridgehead atoms. The first-order chi connectivity index (χ1) is 32.8. The van der Waals surface area contributed by atoms with Crippen molar-refractivity contribution in [1.82, 2.24) is 9.78 Å². The van der Waals surface area contributed by atoms with Gasteiger partial charge in [-0.25, -0.2) is 0 Å². The minimum absolute atomic E-state index is 0.197. The van der Waals surface area contributed by atoms with E-state index in [0.29, 0.717) is 16.8 Å². The van der Waals surface area contributed by atoms with Crippen LogP contribution in [-0.4, -0.2) is 111 Å². The van der Waals surface area contributed by atoms with Crippen molar-refractivity contribution in [3.63, 3.8) is 0 Å². The van der Waals surface area contributed by atoms with E-state index in [0.717, 1.165) is 60.7 Å². The number of aromatic nitrogens is 2. The summed E-state index contributed by atoms with van der Waals surface area (Å²) in [7, 11) is -15.6. The molecule has 366 valence electrons.